The molecule has 1 N–H and O–H groups in total. The van der Waals surface area contributed by atoms with Gasteiger partial charge in [0.2, 0.25) is 0 Å². The number of carbonyl (C=O) groups is 2. The molecule has 1 aliphatic rings. The predicted molar refractivity (Wildman–Crippen MR) is 82.4 cm³/mol. The van der Waals surface area contributed by atoms with Gasteiger partial charge >= 0.3 is 12.1 Å². The van der Waals surface area contributed by atoms with Crippen molar-refractivity contribution in [3.05, 3.63) is 29.8 Å². The topological polar surface area (TPSA) is 96.0 Å². The van der Waals surface area contributed by atoms with Gasteiger partial charge in [-0.05, 0) is 19.1 Å². The van der Waals surface area contributed by atoms with E-state index in [4.69, 9.17) is 0 Å². The molecule has 1 heterocycles. The molecular weight excluding hydrogens is 322 g/mol. The Hall–Kier alpha value is -2.29. The van der Waals surface area contributed by atoms with Crippen molar-refractivity contribution in [3.63, 3.8) is 0 Å². The molecule has 0 radical (unpaired) electrons. The predicted octanol–water partition coefficient (Wildman–Crippen LogP) is 0.777. The van der Waals surface area contributed by atoms with E-state index in [1.54, 1.807) is 12.1 Å². The molecule has 1 aliphatic heterocycles. The number of amides is 3. The number of rotatable bonds is 2. The van der Waals surface area contributed by atoms with Crippen molar-refractivity contribution < 1.29 is 22.7 Å². The number of nitrogens with one attached hydrogen (secondary N) is 1. The van der Waals surface area contributed by atoms with Gasteiger partial charge in [0.05, 0.1) is 12.0 Å². The first kappa shape index (κ1) is 17.1. The molecule has 0 atom stereocenters. The van der Waals surface area contributed by atoms with Crippen molar-refractivity contribution in [2.75, 3.05) is 33.3 Å². The number of urea groups is 1. The Balaban J connectivity index is 1.97. The molecule has 0 bridgehead atoms. The number of nitrogens with zero attached hydrogens (tertiary/aromatic N) is 2. The molecule has 9 heteroatoms. The molecule has 1 aromatic rings. The zero-order valence-electron chi connectivity index (χ0n) is 13.0. The van der Waals surface area contributed by atoms with Crippen LogP contribution in [0.4, 0.5) is 9.59 Å². The summed E-state index contributed by atoms with van der Waals surface area (Å²) in [6.45, 7) is 2.92. The fraction of sp³-hybridized carbons (Fsp3) is 0.429. The molecule has 0 aromatic heterocycles. The van der Waals surface area contributed by atoms with E-state index in [0.717, 1.165) is 5.56 Å². The SMILES string of the molecule is COC(=O)N1CCN(C(=O)NS(=O)(=O)c2ccc(C)cc2)CC1. The maximum absolute atomic E-state index is 12.2. The van der Waals surface area contributed by atoms with E-state index in [0.29, 0.717) is 13.1 Å². The number of sulfonamides is 1. The van der Waals surface area contributed by atoms with Crippen LogP contribution in [0.25, 0.3) is 0 Å². The second-order valence-corrected chi connectivity index (χ2v) is 6.85. The minimum Gasteiger partial charge on any atom is -0.453 e. The van der Waals surface area contributed by atoms with Crippen LogP contribution in [0, 0.1) is 6.92 Å². The highest BCUT2D eigenvalue weighted by atomic mass is 32.2. The summed E-state index contributed by atoms with van der Waals surface area (Å²) < 4.78 is 31.0. The van der Waals surface area contributed by atoms with E-state index >= 15 is 0 Å². The zero-order valence-corrected chi connectivity index (χ0v) is 13.8. The van der Waals surface area contributed by atoms with Crippen LogP contribution in [0.5, 0.6) is 0 Å². The van der Waals surface area contributed by atoms with Crippen molar-refractivity contribution in [1.82, 2.24) is 14.5 Å². The molecule has 1 saturated heterocycles. The van der Waals surface area contributed by atoms with Crippen molar-refractivity contribution in [2.45, 2.75) is 11.8 Å². The summed E-state index contributed by atoms with van der Waals surface area (Å²) in [7, 11) is -2.62. The molecule has 1 aromatic carbocycles. The summed E-state index contributed by atoms with van der Waals surface area (Å²) in [5.74, 6) is 0. The summed E-state index contributed by atoms with van der Waals surface area (Å²) in [6.07, 6.45) is -0.461. The average Bonchev–Trinajstić information content (AvgIpc) is 2.54. The highest BCUT2D eigenvalue weighted by Gasteiger charge is 2.27. The van der Waals surface area contributed by atoms with Gasteiger partial charge < -0.3 is 14.5 Å². The Bertz CT molecular complexity index is 679. The fourth-order valence-corrected chi connectivity index (χ4v) is 3.15. The number of hydrogen-bond acceptors (Lipinski definition) is 5. The molecule has 3 amide bonds. The van der Waals surface area contributed by atoms with Crippen LogP contribution in [0.2, 0.25) is 0 Å². The summed E-state index contributed by atoms with van der Waals surface area (Å²) in [6, 6.07) is 5.51. The van der Waals surface area contributed by atoms with Gasteiger partial charge in [-0.2, -0.15) is 0 Å². The van der Waals surface area contributed by atoms with Crippen LogP contribution in [0.15, 0.2) is 29.2 Å². The highest BCUT2D eigenvalue weighted by molar-refractivity contribution is 7.90. The Morgan fingerprint density at radius 3 is 2.09 bits per heavy atom. The minimum atomic E-state index is -3.91. The Morgan fingerprint density at radius 2 is 1.57 bits per heavy atom. The van der Waals surface area contributed by atoms with Gasteiger partial charge in [-0.1, -0.05) is 17.7 Å². The number of benzene rings is 1. The zero-order chi connectivity index (χ0) is 17.0. The van der Waals surface area contributed by atoms with E-state index in [9.17, 15) is 18.0 Å². The fourth-order valence-electron chi connectivity index (χ4n) is 2.18. The molecule has 126 valence electrons. The Kier molecular flexibility index (Phi) is 5.09. The number of carbonyl (C=O) groups excluding carboxylic acids is 2. The summed E-state index contributed by atoms with van der Waals surface area (Å²) in [4.78, 5) is 26.3. The maximum Gasteiger partial charge on any atom is 0.409 e. The molecule has 0 unspecified atom stereocenters. The quantitative estimate of drug-likeness (QED) is 0.857. The van der Waals surface area contributed by atoms with Gasteiger partial charge in [-0.25, -0.2) is 22.7 Å². The molecule has 0 aliphatic carbocycles. The van der Waals surface area contributed by atoms with Crippen LogP contribution in [-0.2, 0) is 14.8 Å². The first-order valence-corrected chi connectivity index (χ1v) is 8.53. The van der Waals surface area contributed by atoms with Gasteiger partial charge in [0.1, 0.15) is 0 Å². The second kappa shape index (κ2) is 6.86. The molecule has 1 fully saturated rings. The first-order chi connectivity index (χ1) is 10.8. The van der Waals surface area contributed by atoms with Crippen molar-refractivity contribution in [3.8, 4) is 0 Å². The van der Waals surface area contributed by atoms with Crippen LogP contribution in [0.1, 0.15) is 5.56 Å². The van der Waals surface area contributed by atoms with Gasteiger partial charge in [0.15, 0.2) is 0 Å². The third kappa shape index (κ3) is 4.13. The molecule has 0 spiro atoms. The first-order valence-electron chi connectivity index (χ1n) is 7.05. The van der Waals surface area contributed by atoms with E-state index < -0.39 is 22.1 Å². The third-order valence-electron chi connectivity index (χ3n) is 3.55. The van der Waals surface area contributed by atoms with Gasteiger partial charge in [-0.15, -0.1) is 0 Å². The summed E-state index contributed by atoms with van der Waals surface area (Å²) in [5, 5.41) is 0. The lowest BCUT2D eigenvalue weighted by atomic mass is 10.2. The van der Waals surface area contributed by atoms with Gasteiger partial charge in [-0.3, -0.25) is 0 Å². The maximum atomic E-state index is 12.2. The number of hydrogen-bond donors (Lipinski definition) is 1. The lowest BCUT2D eigenvalue weighted by Crippen LogP contribution is -2.53. The van der Waals surface area contributed by atoms with E-state index in [2.05, 4.69) is 4.74 Å². The smallest absolute Gasteiger partial charge is 0.409 e. The van der Waals surface area contributed by atoms with E-state index in [-0.39, 0.29) is 18.0 Å². The van der Waals surface area contributed by atoms with Crippen LogP contribution >= 0.6 is 0 Å². The van der Waals surface area contributed by atoms with Gasteiger partial charge in [0, 0.05) is 26.2 Å². The van der Waals surface area contributed by atoms with E-state index in [1.807, 2.05) is 11.6 Å². The normalized spacial score (nSPS) is 15.2. The lowest BCUT2D eigenvalue weighted by Gasteiger charge is -2.33. The van der Waals surface area contributed by atoms with Crippen LogP contribution in [-0.4, -0.2) is 63.6 Å². The standard InChI is InChI=1S/C14H19N3O5S/c1-11-3-5-12(6-4-11)23(20,21)15-13(18)16-7-9-17(10-8-16)14(19)22-2/h3-6H,7-10H2,1-2H3,(H,15,18). The summed E-state index contributed by atoms with van der Waals surface area (Å²) in [5.41, 5.74) is 0.925. The summed E-state index contributed by atoms with van der Waals surface area (Å²) >= 11 is 0. The molecular formula is C14H19N3O5S. The number of ether oxygens (including phenoxy) is 1. The lowest BCUT2D eigenvalue weighted by molar-refractivity contribution is 0.0980. The molecule has 0 saturated carbocycles. The number of methoxy groups -OCH3 is 1. The van der Waals surface area contributed by atoms with Crippen molar-refractivity contribution in [1.29, 1.82) is 0 Å². The third-order valence-corrected chi connectivity index (χ3v) is 4.89. The number of piperazine rings is 1. The molecule has 8 nitrogen and oxygen atoms in total. The average molecular weight is 341 g/mol. The minimum absolute atomic E-state index is 0.0321. The van der Waals surface area contributed by atoms with Gasteiger partial charge in [0.25, 0.3) is 10.0 Å². The molecule has 2 rings (SSSR count). The Morgan fingerprint density at radius 1 is 1.04 bits per heavy atom. The van der Waals surface area contributed by atoms with Crippen molar-refractivity contribution in [2.24, 2.45) is 0 Å². The highest BCUT2D eigenvalue weighted by Crippen LogP contribution is 2.11. The van der Waals surface area contributed by atoms with Crippen molar-refractivity contribution >= 4 is 22.1 Å². The second-order valence-electron chi connectivity index (χ2n) is 5.17. The van der Waals surface area contributed by atoms with Crippen LogP contribution < -0.4 is 4.72 Å². The molecule has 23 heavy (non-hydrogen) atoms. The largest absolute Gasteiger partial charge is 0.453 e. The monoisotopic (exact) mass is 341 g/mol. The number of aryl methyl sites for hydroxylation is 1. The van der Waals surface area contributed by atoms with E-state index in [1.165, 1.54) is 29.0 Å². The van der Waals surface area contributed by atoms with Crippen LogP contribution in [0.3, 0.4) is 0 Å². The Labute approximate surface area is 135 Å².